The highest BCUT2D eigenvalue weighted by molar-refractivity contribution is 7.89. The van der Waals surface area contributed by atoms with E-state index in [9.17, 15) is 8.42 Å². The first-order valence-electron chi connectivity index (χ1n) is 6.52. The van der Waals surface area contributed by atoms with Crippen LogP contribution in [0.1, 0.15) is 43.6 Å². The monoisotopic (exact) mass is 271 g/mol. The van der Waals surface area contributed by atoms with Gasteiger partial charge in [0.1, 0.15) is 5.82 Å². The Morgan fingerprint density at radius 2 is 2.33 bits per heavy atom. The van der Waals surface area contributed by atoms with Gasteiger partial charge in [0, 0.05) is 30.9 Å². The van der Waals surface area contributed by atoms with Crippen LogP contribution in [0.15, 0.2) is 6.20 Å². The largest absolute Gasteiger partial charge is 0.346 e. The minimum Gasteiger partial charge on any atom is -0.346 e. The summed E-state index contributed by atoms with van der Waals surface area (Å²) in [5.74, 6) is 1.37. The van der Waals surface area contributed by atoms with Crippen LogP contribution in [-0.2, 0) is 10.0 Å². The molecule has 0 saturated carbocycles. The minimum absolute atomic E-state index is 0.207. The molecule has 0 unspecified atom stereocenters. The lowest BCUT2D eigenvalue weighted by Crippen LogP contribution is -2.40. The highest BCUT2D eigenvalue weighted by atomic mass is 32.2. The number of rotatable bonds is 4. The summed E-state index contributed by atoms with van der Waals surface area (Å²) in [5.41, 5.74) is 1.03. The van der Waals surface area contributed by atoms with Crippen LogP contribution >= 0.6 is 0 Å². The number of hydrogen-bond donors (Lipinski definition) is 1. The van der Waals surface area contributed by atoms with Gasteiger partial charge >= 0.3 is 0 Å². The van der Waals surface area contributed by atoms with E-state index in [4.69, 9.17) is 0 Å². The van der Waals surface area contributed by atoms with Crippen molar-refractivity contribution in [3.05, 3.63) is 17.7 Å². The number of sulfonamides is 1. The van der Waals surface area contributed by atoms with Crippen LogP contribution in [0.5, 0.6) is 0 Å². The fourth-order valence-corrected chi connectivity index (χ4v) is 4.03. The smallest absolute Gasteiger partial charge is 0.214 e. The lowest BCUT2D eigenvalue weighted by atomic mass is 9.99. The third kappa shape index (κ3) is 2.92. The van der Waals surface area contributed by atoms with Crippen molar-refractivity contribution in [2.24, 2.45) is 0 Å². The first kappa shape index (κ1) is 13.5. The number of imidazole rings is 1. The predicted octanol–water partition coefficient (Wildman–Crippen LogP) is 1.64. The molecule has 5 nitrogen and oxygen atoms in total. The first-order chi connectivity index (χ1) is 8.53. The van der Waals surface area contributed by atoms with Gasteiger partial charge in [0.2, 0.25) is 10.0 Å². The van der Waals surface area contributed by atoms with Gasteiger partial charge in [-0.15, -0.1) is 0 Å². The summed E-state index contributed by atoms with van der Waals surface area (Å²) >= 11 is 0. The average molecular weight is 271 g/mol. The molecule has 0 spiro atoms. The maximum absolute atomic E-state index is 12.1. The van der Waals surface area contributed by atoms with E-state index < -0.39 is 10.0 Å². The van der Waals surface area contributed by atoms with E-state index in [2.05, 4.69) is 9.97 Å². The van der Waals surface area contributed by atoms with E-state index in [0.29, 0.717) is 19.5 Å². The molecule has 1 aromatic rings. The van der Waals surface area contributed by atoms with Gasteiger partial charge in [-0.3, -0.25) is 0 Å². The third-order valence-corrected chi connectivity index (χ3v) is 5.39. The summed E-state index contributed by atoms with van der Waals surface area (Å²) in [6, 6.07) is 0. The van der Waals surface area contributed by atoms with Gasteiger partial charge in [-0.1, -0.05) is 6.92 Å². The summed E-state index contributed by atoms with van der Waals surface area (Å²) in [6.07, 6.45) is 4.39. The van der Waals surface area contributed by atoms with Crippen LogP contribution in [0.3, 0.4) is 0 Å². The van der Waals surface area contributed by atoms with Crippen molar-refractivity contribution >= 4 is 10.0 Å². The molecule has 1 saturated heterocycles. The van der Waals surface area contributed by atoms with Crippen molar-refractivity contribution in [1.82, 2.24) is 14.3 Å². The van der Waals surface area contributed by atoms with E-state index in [0.717, 1.165) is 24.4 Å². The van der Waals surface area contributed by atoms with E-state index in [-0.39, 0.29) is 11.7 Å². The van der Waals surface area contributed by atoms with Gasteiger partial charge in [0.05, 0.1) is 5.75 Å². The molecule has 1 N–H and O–H groups in total. The second-order valence-corrected chi connectivity index (χ2v) is 7.05. The molecule has 1 aliphatic heterocycles. The SMILES string of the molecule is CCCS(=O)(=O)N1CCC[C@H](c2ncc(C)[nH]2)C1. The Balaban J connectivity index is 2.09. The van der Waals surface area contributed by atoms with Gasteiger partial charge in [-0.25, -0.2) is 17.7 Å². The molecular weight excluding hydrogens is 250 g/mol. The zero-order valence-electron chi connectivity index (χ0n) is 11.0. The third-order valence-electron chi connectivity index (χ3n) is 3.35. The molecule has 0 radical (unpaired) electrons. The molecule has 0 amide bonds. The lowest BCUT2D eigenvalue weighted by molar-refractivity contribution is 0.310. The number of nitrogens with zero attached hydrogens (tertiary/aromatic N) is 2. The molecule has 2 rings (SSSR count). The standard InChI is InChI=1S/C12H21N3O2S/c1-3-7-18(16,17)15-6-4-5-11(9-15)12-13-8-10(2)14-12/h8,11H,3-7,9H2,1-2H3,(H,13,14)/t11-/m0/s1. The number of aromatic amines is 1. The fraction of sp³-hybridized carbons (Fsp3) is 0.750. The van der Waals surface area contributed by atoms with Crippen LogP contribution in [-0.4, -0.2) is 41.5 Å². The summed E-state index contributed by atoms with van der Waals surface area (Å²) in [4.78, 5) is 7.54. The van der Waals surface area contributed by atoms with Crippen molar-refractivity contribution in [3.63, 3.8) is 0 Å². The Kier molecular flexibility index (Phi) is 4.07. The lowest BCUT2D eigenvalue weighted by Gasteiger charge is -2.30. The Morgan fingerprint density at radius 1 is 1.56 bits per heavy atom. The zero-order chi connectivity index (χ0) is 13.2. The topological polar surface area (TPSA) is 66.1 Å². The summed E-state index contributed by atoms with van der Waals surface area (Å²) in [5, 5.41) is 0. The van der Waals surface area contributed by atoms with E-state index in [1.54, 1.807) is 10.5 Å². The van der Waals surface area contributed by atoms with Crippen LogP contribution in [0.25, 0.3) is 0 Å². The molecular formula is C12H21N3O2S. The molecule has 102 valence electrons. The molecule has 1 fully saturated rings. The van der Waals surface area contributed by atoms with Crippen molar-refractivity contribution in [3.8, 4) is 0 Å². The number of aromatic nitrogens is 2. The first-order valence-corrected chi connectivity index (χ1v) is 8.13. The second kappa shape index (κ2) is 5.40. The number of H-pyrrole nitrogens is 1. The average Bonchev–Trinajstić information content (AvgIpc) is 2.76. The van der Waals surface area contributed by atoms with Crippen LogP contribution < -0.4 is 0 Å². The molecule has 1 aromatic heterocycles. The molecule has 2 heterocycles. The van der Waals surface area contributed by atoms with Gasteiger partial charge < -0.3 is 4.98 Å². The molecule has 0 aromatic carbocycles. The molecule has 0 aliphatic carbocycles. The summed E-state index contributed by atoms with van der Waals surface area (Å²) in [6.45, 7) is 5.08. The molecule has 1 aliphatic rings. The Bertz CT molecular complexity index is 495. The van der Waals surface area contributed by atoms with Gasteiger partial charge in [0.15, 0.2) is 0 Å². The predicted molar refractivity (Wildman–Crippen MR) is 71.0 cm³/mol. The molecule has 6 heteroatoms. The van der Waals surface area contributed by atoms with Crippen molar-refractivity contribution in [1.29, 1.82) is 0 Å². The van der Waals surface area contributed by atoms with Crippen molar-refractivity contribution in [2.75, 3.05) is 18.8 Å². The number of hydrogen-bond acceptors (Lipinski definition) is 3. The normalized spacial score (nSPS) is 22.2. The highest BCUT2D eigenvalue weighted by Crippen LogP contribution is 2.26. The Hall–Kier alpha value is -0.880. The van der Waals surface area contributed by atoms with Gasteiger partial charge in [0.25, 0.3) is 0 Å². The zero-order valence-corrected chi connectivity index (χ0v) is 11.8. The Morgan fingerprint density at radius 3 is 2.94 bits per heavy atom. The van der Waals surface area contributed by atoms with Crippen LogP contribution in [0, 0.1) is 6.92 Å². The number of nitrogens with one attached hydrogen (secondary N) is 1. The fourth-order valence-electron chi connectivity index (χ4n) is 2.45. The van der Waals surface area contributed by atoms with Crippen LogP contribution in [0.2, 0.25) is 0 Å². The quantitative estimate of drug-likeness (QED) is 0.905. The maximum Gasteiger partial charge on any atom is 0.214 e. The Labute approximate surface area is 109 Å². The van der Waals surface area contributed by atoms with Gasteiger partial charge in [-0.2, -0.15) is 0 Å². The van der Waals surface area contributed by atoms with Crippen LogP contribution in [0.4, 0.5) is 0 Å². The van der Waals surface area contributed by atoms with Crippen molar-refractivity contribution < 1.29 is 8.42 Å². The number of piperidine rings is 1. The molecule has 1 atom stereocenters. The van der Waals surface area contributed by atoms with Gasteiger partial charge in [-0.05, 0) is 26.2 Å². The second-order valence-electron chi connectivity index (χ2n) is 4.96. The van der Waals surface area contributed by atoms with Crippen molar-refractivity contribution in [2.45, 2.75) is 39.0 Å². The maximum atomic E-state index is 12.1. The summed E-state index contributed by atoms with van der Waals surface area (Å²) < 4.78 is 25.8. The minimum atomic E-state index is -3.08. The number of aryl methyl sites for hydroxylation is 1. The summed E-state index contributed by atoms with van der Waals surface area (Å²) in [7, 11) is -3.08. The van der Waals surface area contributed by atoms with E-state index in [1.807, 2.05) is 13.8 Å². The molecule has 18 heavy (non-hydrogen) atoms. The highest BCUT2D eigenvalue weighted by Gasteiger charge is 2.30. The molecule has 0 bridgehead atoms. The van der Waals surface area contributed by atoms with E-state index in [1.165, 1.54) is 0 Å². The van der Waals surface area contributed by atoms with E-state index >= 15 is 0 Å².